The highest BCUT2D eigenvalue weighted by Crippen LogP contribution is 2.17. The molecule has 28 heavy (non-hydrogen) atoms. The zero-order chi connectivity index (χ0) is 19.9. The number of guanidine groups is 1. The van der Waals surface area contributed by atoms with Gasteiger partial charge in [-0.1, -0.05) is 19.1 Å². The summed E-state index contributed by atoms with van der Waals surface area (Å²) in [7, 11) is -3.44. The molecule has 7 nitrogen and oxygen atoms in total. The third-order valence-corrected chi connectivity index (χ3v) is 5.06. The van der Waals surface area contributed by atoms with Crippen LogP contribution in [0.1, 0.15) is 26.3 Å². The average Bonchev–Trinajstić information content (AvgIpc) is 2.61. The Morgan fingerprint density at radius 2 is 1.71 bits per heavy atom. The van der Waals surface area contributed by atoms with Crippen LogP contribution in [-0.2, 0) is 16.6 Å². The van der Waals surface area contributed by atoms with Crippen LogP contribution in [0.15, 0.2) is 58.4 Å². The minimum absolute atomic E-state index is 0. The predicted molar refractivity (Wildman–Crippen MR) is 124 cm³/mol. The zero-order valence-electron chi connectivity index (χ0n) is 16.2. The number of hydrogen-bond acceptors (Lipinski definition) is 4. The van der Waals surface area contributed by atoms with Crippen molar-refractivity contribution in [1.82, 2.24) is 4.72 Å². The number of halogens is 1. The largest absolute Gasteiger partial charge is 0.491 e. The summed E-state index contributed by atoms with van der Waals surface area (Å²) >= 11 is 0. The van der Waals surface area contributed by atoms with Crippen LogP contribution >= 0.6 is 24.0 Å². The van der Waals surface area contributed by atoms with Gasteiger partial charge in [-0.25, -0.2) is 18.1 Å². The average molecular weight is 518 g/mol. The van der Waals surface area contributed by atoms with Crippen LogP contribution in [0.5, 0.6) is 5.75 Å². The van der Waals surface area contributed by atoms with Crippen LogP contribution in [0, 0.1) is 0 Å². The fraction of sp³-hybridized carbons (Fsp3) is 0.316. The van der Waals surface area contributed by atoms with Gasteiger partial charge in [-0.15, -0.1) is 24.0 Å². The highest BCUT2D eigenvalue weighted by Gasteiger charge is 2.11. The van der Waals surface area contributed by atoms with Gasteiger partial charge in [0.25, 0.3) is 0 Å². The van der Waals surface area contributed by atoms with Gasteiger partial charge in [0, 0.05) is 12.2 Å². The summed E-state index contributed by atoms with van der Waals surface area (Å²) in [5, 5.41) is 3.01. The monoisotopic (exact) mass is 518 g/mol. The van der Waals surface area contributed by atoms with Gasteiger partial charge in [0.05, 0.1) is 17.5 Å². The topological polar surface area (TPSA) is 106 Å². The van der Waals surface area contributed by atoms with Crippen molar-refractivity contribution in [1.29, 1.82) is 0 Å². The second kappa shape index (κ2) is 11.2. The molecule has 0 saturated heterocycles. The number of benzene rings is 2. The molecule has 2 aromatic rings. The van der Waals surface area contributed by atoms with E-state index in [-0.39, 0.29) is 40.9 Å². The molecule has 0 aliphatic rings. The molecule has 0 fully saturated rings. The summed E-state index contributed by atoms with van der Waals surface area (Å²) in [4.78, 5) is 4.50. The van der Waals surface area contributed by atoms with Crippen molar-refractivity contribution in [3.05, 3.63) is 54.1 Å². The van der Waals surface area contributed by atoms with Gasteiger partial charge < -0.3 is 15.8 Å². The molecule has 0 radical (unpaired) electrons. The third-order valence-electron chi connectivity index (χ3n) is 3.50. The number of anilines is 1. The van der Waals surface area contributed by atoms with E-state index in [0.29, 0.717) is 13.1 Å². The van der Waals surface area contributed by atoms with E-state index >= 15 is 0 Å². The maximum atomic E-state index is 11.9. The molecule has 0 aliphatic carbocycles. The summed E-state index contributed by atoms with van der Waals surface area (Å²) in [6.07, 6.45) is 0.120. The first kappa shape index (κ1) is 24.2. The Morgan fingerprint density at radius 1 is 1.11 bits per heavy atom. The van der Waals surface area contributed by atoms with E-state index in [1.165, 1.54) is 0 Å². The molecule has 0 amide bonds. The second-order valence-corrected chi connectivity index (χ2v) is 7.93. The number of aliphatic imine (C=N–C) groups is 1. The van der Waals surface area contributed by atoms with E-state index < -0.39 is 10.0 Å². The summed E-state index contributed by atoms with van der Waals surface area (Å²) in [5.74, 6) is 1.07. The van der Waals surface area contributed by atoms with Crippen molar-refractivity contribution >= 4 is 45.6 Å². The quantitative estimate of drug-likeness (QED) is 0.283. The molecule has 0 saturated carbocycles. The molecule has 2 rings (SSSR count). The van der Waals surface area contributed by atoms with Gasteiger partial charge in [0.2, 0.25) is 10.0 Å². The van der Waals surface area contributed by atoms with Crippen LogP contribution < -0.4 is 20.5 Å². The van der Waals surface area contributed by atoms with Gasteiger partial charge in [-0.2, -0.15) is 0 Å². The van der Waals surface area contributed by atoms with Crippen molar-refractivity contribution in [2.24, 2.45) is 10.7 Å². The Bertz CT molecular complexity index is 867. The minimum Gasteiger partial charge on any atom is -0.491 e. The van der Waals surface area contributed by atoms with Crippen molar-refractivity contribution in [3.63, 3.8) is 0 Å². The number of nitrogens with two attached hydrogens (primary N) is 1. The molecular weight excluding hydrogens is 491 g/mol. The van der Waals surface area contributed by atoms with Gasteiger partial charge in [-0.05, 0) is 55.8 Å². The third kappa shape index (κ3) is 7.64. The van der Waals surface area contributed by atoms with E-state index in [0.717, 1.165) is 17.0 Å². The maximum Gasteiger partial charge on any atom is 0.240 e. The lowest BCUT2D eigenvalue weighted by Gasteiger charge is -2.11. The van der Waals surface area contributed by atoms with Crippen LogP contribution in [0.25, 0.3) is 0 Å². The zero-order valence-corrected chi connectivity index (χ0v) is 19.3. The predicted octanol–water partition coefficient (Wildman–Crippen LogP) is 3.32. The first-order chi connectivity index (χ1) is 12.8. The molecule has 0 spiro atoms. The molecular formula is C19H27IN4O3S. The minimum atomic E-state index is -3.44. The molecule has 4 N–H and O–H groups in total. The SMILES string of the molecule is CCNS(=O)(=O)c1ccc(CN=C(N)Nc2ccc(OC(C)C)cc2)cc1.I. The summed E-state index contributed by atoms with van der Waals surface area (Å²) in [5.41, 5.74) is 7.58. The fourth-order valence-corrected chi connectivity index (χ4v) is 3.34. The number of sulfonamides is 1. The van der Waals surface area contributed by atoms with Crippen molar-refractivity contribution in [2.45, 2.75) is 38.3 Å². The van der Waals surface area contributed by atoms with Gasteiger partial charge >= 0.3 is 0 Å². The maximum absolute atomic E-state index is 11.9. The lowest BCUT2D eigenvalue weighted by molar-refractivity contribution is 0.242. The second-order valence-electron chi connectivity index (χ2n) is 6.16. The number of nitrogens with zero attached hydrogens (tertiary/aromatic N) is 1. The van der Waals surface area contributed by atoms with E-state index in [2.05, 4.69) is 15.0 Å². The summed E-state index contributed by atoms with van der Waals surface area (Å²) in [6, 6.07) is 14.0. The molecule has 0 bridgehead atoms. The van der Waals surface area contributed by atoms with Crippen LogP contribution in [0.2, 0.25) is 0 Å². The Hall–Kier alpha value is -1.85. The summed E-state index contributed by atoms with van der Waals surface area (Å²) < 4.78 is 31.9. The molecule has 0 unspecified atom stereocenters. The van der Waals surface area contributed by atoms with E-state index in [9.17, 15) is 8.42 Å². The van der Waals surface area contributed by atoms with Crippen LogP contribution in [0.3, 0.4) is 0 Å². The van der Waals surface area contributed by atoms with Crippen LogP contribution in [0.4, 0.5) is 5.69 Å². The Kier molecular flexibility index (Phi) is 9.70. The molecule has 0 aliphatic heterocycles. The lowest BCUT2D eigenvalue weighted by Crippen LogP contribution is -2.23. The molecule has 2 aromatic carbocycles. The Balaban J connectivity index is 0.00000392. The molecule has 9 heteroatoms. The highest BCUT2D eigenvalue weighted by molar-refractivity contribution is 14.0. The molecule has 0 atom stereocenters. The van der Waals surface area contributed by atoms with E-state index in [1.54, 1.807) is 31.2 Å². The first-order valence-corrected chi connectivity index (χ1v) is 10.2. The molecule has 0 aromatic heterocycles. The standard InChI is InChI=1S/C19H26N4O3S.HI/c1-4-22-27(24,25)18-11-5-15(6-12-18)13-21-19(20)23-16-7-9-17(10-8-16)26-14(2)3;/h5-12,14,22H,4,13H2,1-3H3,(H3,20,21,23);1H. The van der Waals surface area contributed by atoms with Gasteiger partial charge in [0.1, 0.15) is 5.75 Å². The highest BCUT2D eigenvalue weighted by atomic mass is 127. The smallest absolute Gasteiger partial charge is 0.240 e. The normalized spacial score (nSPS) is 11.8. The molecule has 154 valence electrons. The van der Waals surface area contributed by atoms with Crippen molar-refractivity contribution in [3.8, 4) is 5.75 Å². The first-order valence-electron chi connectivity index (χ1n) is 8.72. The van der Waals surface area contributed by atoms with Crippen molar-refractivity contribution < 1.29 is 13.2 Å². The molecule has 0 heterocycles. The number of hydrogen-bond donors (Lipinski definition) is 3. The lowest BCUT2D eigenvalue weighted by atomic mass is 10.2. The summed E-state index contributed by atoms with van der Waals surface area (Å²) in [6.45, 7) is 6.37. The van der Waals surface area contributed by atoms with Crippen molar-refractivity contribution in [2.75, 3.05) is 11.9 Å². The Labute approximate surface area is 183 Å². The van der Waals surface area contributed by atoms with E-state index in [1.807, 2.05) is 38.1 Å². The Morgan fingerprint density at radius 3 is 2.25 bits per heavy atom. The van der Waals surface area contributed by atoms with Gasteiger partial charge in [0.15, 0.2) is 5.96 Å². The number of ether oxygens (including phenoxy) is 1. The van der Waals surface area contributed by atoms with E-state index in [4.69, 9.17) is 10.5 Å². The van der Waals surface area contributed by atoms with Gasteiger partial charge in [-0.3, -0.25) is 0 Å². The number of rotatable bonds is 8. The number of nitrogens with one attached hydrogen (secondary N) is 2. The van der Waals surface area contributed by atoms with Crippen LogP contribution in [-0.4, -0.2) is 27.0 Å². The fourth-order valence-electron chi connectivity index (χ4n) is 2.30.